The first kappa shape index (κ1) is 11.9. The molecule has 0 spiro atoms. The fraction of sp³-hybridized carbons (Fsp3) is 0.636. The molecule has 0 radical (unpaired) electrons. The van der Waals surface area contributed by atoms with Crippen LogP contribution in [-0.4, -0.2) is 27.7 Å². The fourth-order valence-corrected chi connectivity index (χ4v) is 1.22. The molecule has 1 rings (SSSR count). The number of hydrogen-bond acceptors (Lipinski definition) is 4. The van der Waals surface area contributed by atoms with Gasteiger partial charge in [-0.3, -0.25) is 0 Å². The molecule has 0 aliphatic carbocycles. The third-order valence-corrected chi connectivity index (χ3v) is 2.11. The number of rotatable bonds is 4. The average Bonchev–Trinajstić information content (AvgIpc) is 2.16. The molecule has 0 amide bonds. The first-order valence-corrected chi connectivity index (χ1v) is 5.26. The van der Waals surface area contributed by atoms with E-state index in [4.69, 9.17) is 5.11 Å². The first-order valence-electron chi connectivity index (χ1n) is 5.26. The molecule has 15 heavy (non-hydrogen) atoms. The van der Waals surface area contributed by atoms with Gasteiger partial charge in [-0.25, -0.2) is 9.97 Å². The number of hydrogen-bond donors (Lipinski definition) is 2. The summed E-state index contributed by atoms with van der Waals surface area (Å²) < 4.78 is 0. The highest BCUT2D eigenvalue weighted by atomic mass is 16.3. The molecule has 0 fully saturated rings. The Kier molecular flexibility index (Phi) is 4.03. The van der Waals surface area contributed by atoms with Crippen LogP contribution in [0.2, 0.25) is 0 Å². The van der Waals surface area contributed by atoms with Gasteiger partial charge in [-0.2, -0.15) is 0 Å². The topological polar surface area (TPSA) is 58.0 Å². The van der Waals surface area contributed by atoms with E-state index in [-0.39, 0.29) is 12.6 Å². The predicted molar refractivity (Wildman–Crippen MR) is 61.0 cm³/mol. The lowest BCUT2D eigenvalue weighted by Crippen LogP contribution is -2.21. The molecule has 0 aliphatic heterocycles. The van der Waals surface area contributed by atoms with Gasteiger partial charge in [-0.15, -0.1) is 0 Å². The Morgan fingerprint density at radius 3 is 2.53 bits per heavy atom. The van der Waals surface area contributed by atoms with E-state index in [0.29, 0.717) is 11.9 Å². The van der Waals surface area contributed by atoms with Crippen molar-refractivity contribution in [1.82, 2.24) is 9.97 Å². The van der Waals surface area contributed by atoms with Crippen molar-refractivity contribution in [3.8, 4) is 0 Å². The molecular weight excluding hydrogens is 190 g/mol. The quantitative estimate of drug-likeness (QED) is 0.792. The molecule has 0 saturated heterocycles. The fourth-order valence-electron chi connectivity index (χ4n) is 1.22. The molecule has 4 heteroatoms. The Morgan fingerprint density at radius 1 is 1.33 bits per heavy atom. The number of aryl methyl sites for hydroxylation is 1. The van der Waals surface area contributed by atoms with Gasteiger partial charge in [0, 0.05) is 17.4 Å². The zero-order chi connectivity index (χ0) is 11.4. The van der Waals surface area contributed by atoms with E-state index in [1.54, 1.807) is 0 Å². The summed E-state index contributed by atoms with van der Waals surface area (Å²) in [7, 11) is 0. The molecule has 1 atom stereocenters. The molecule has 1 aromatic heterocycles. The molecular formula is C11H19N3O. The second-order valence-electron chi connectivity index (χ2n) is 4.14. The first-order chi connectivity index (χ1) is 7.02. The normalized spacial score (nSPS) is 12.9. The third-order valence-electron chi connectivity index (χ3n) is 2.11. The molecule has 0 bridgehead atoms. The minimum absolute atomic E-state index is 0.0215. The zero-order valence-corrected chi connectivity index (χ0v) is 9.78. The Bertz CT molecular complexity index is 326. The molecule has 0 aliphatic rings. The van der Waals surface area contributed by atoms with Crippen molar-refractivity contribution in [3.05, 3.63) is 17.5 Å². The molecule has 1 heterocycles. The summed E-state index contributed by atoms with van der Waals surface area (Å²) in [6, 6.07) is 1.96. The largest absolute Gasteiger partial charge is 0.394 e. The maximum Gasteiger partial charge on any atom is 0.223 e. The summed E-state index contributed by atoms with van der Waals surface area (Å²) in [5.74, 6) is 0.983. The van der Waals surface area contributed by atoms with Crippen LogP contribution in [-0.2, 0) is 0 Å². The number of aliphatic hydroxyl groups excluding tert-OH is 1. The number of aliphatic hydroxyl groups is 1. The van der Waals surface area contributed by atoms with Crippen molar-refractivity contribution in [3.63, 3.8) is 0 Å². The molecule has 0 aromatic carbocycles. The summed E-state index contributed by atoms with van der Waals surface area (Å²) in [6.45, 7) is 8.11. The number of aromatic nitrogens is 2. The highest BCUT2D eigenvalue weighted by Crippen LogP contribution is 2.14. The Morgan fingerprint density at radius 2 is 2.00 bits per heavy atom. The summed E-state index contributed by atoms with van der Waals surface area (Å²) in [5.41, 5.74) is 1.97. The minimum atomic E-state index is -0.0215. The van der Waals surface area contributed by atoms with E-state index in [2.05, 4.69) is 29.1 Å². The molecule has 4 nitrogen and oxygen atoms in total. The maximum absolute atomic E-state index is 8.93. The molecule has 84 valence electrons. The van der Waals surface area contributed by atoms with Gasteiger partial charge in [0.15, 0.2) is 0 Å². The zero-order valence-electron chi connectivity index (χ0n) is 9.78. The number of anilines is 1. The van der Waals surface area contributed by atoms with Gasteiger partial charge in [0.2, 0.25) is 5.95 Å². The monoisotopic (exact) mass is 209 g/mol. The van der Waals surface area contributed by atoms with Crippen molar-refractivity contribution in [2.75, 3.05) is 11.9 Å². The third kappa shape index (κ3) is 3.47. The van der Waals surface area contributed by atoms with Crippen molar-refractivity contribution < 1.29 is 5.11 Å². The van der Waals surface area contributed by atoms with E-state index >= 15 is 0 Å². The van der Waals surface area contributed by atoms with Crippen LogP contribution in [0.15, 0.2) is 6.07 Å². The summed E-state index contributed by atoms with van der Waals surface area (Å²) in [5, 5.41) is 12.0. The second kappa shape index (κ2) is 5.07. The van der Waals surface area contributed by atoms with E-state index < -0.39 is 0 Å². The average molecular weight is 209 g/mol. The molecule has 0 saturated carbocycles. The predicted octanol–water partition coefficient (Wildman–Crippen LogP) is 1.70. The SMILES string of the molecule is Cc1cc(C(C)C)nc(N[C@@H](C)CO)n1. The summed E-state index contributed by atoms with van der Waals surface area (Å²) in [6.07, 6.45) is 0. The van der Waals surface area contributed by atoms with Crippen molar-refractivity contribution >= 4 is 5.95 Å². The van der Waals surface area contributed by atoms with Gasteiger partial charge in [0.25, 0.3) is 0 Å². The lowest BCUT2D eigenvalue weighted by Gasteiger charge is -2.13. The van der Waals surface area contributed by atoms with E-state index in [9.17, 15) is 0 Å². The van der Waals surface area contributed by atoms with Crippen LogP contribution in [0.5, 0.6) is 0 Å². The van der Waals surface area contributed by atoms with Crippen LogP contribution in [0.25, 0.3) is 0 Å². The van der Waals surface area contributed by atoms with Crippen LogP contribution in [0, 0.1) is 6.92 Å². The number of nitrogens with one attached hydrogen (secondary N) is 1. The Labute approximate surface area is 90.8 Å². The van der Waals surface area contributed by atoms with Crippen molar-refractivity contribution in [2.45, 2.75) is 39.7 Å². The maximum atomic E-state index is 8.93. The Balaban J connectivity index is 2.88. The van der Waals surface area contributed by atoms with Crippen molar-refractivity contribution in [1.29, 1.82) is 0 Å². The lowest BCUT2D eigenvalue weighted by atomic mass is 10.1. The van der Waals surface area contributed by atoms with Gasteiger partial charge in [0.1, 0.15) is 0 Å². The summed E-state index contributed by atoms with van der Waals surface area (Å²) >= 11 is 0. The van der Waals surface area contributed by atoms with E-state index in [1.165, 1.54) is 0 Å². The van der Waals surface area contributed by atoms with Crippen LogP contribution in [0.4, 0.5) is 5.95 Å². The van der Waals surface area contributed by atoms with Crippen LogP contribution >= 0.6 is 0 Å². The summed E-state index contributed by atoms with van der Waals surface area (Å²) in [4.78, 5) is 8.66. The second-order valence-corrected chi connectivity index (χ2v) is 4.14. The van der Waals surface area contributed by atoms with Gasteiger partial charge in [0.05, 0.1) is 6.61 Å². The van der Waals surface area contributed by atoms with Gasteiger partial charge < -0.3 is 10.4 Å². The van der Waals surface area contributed by atoms with E-state index in [0.717, 1.165) is 11.4 Å². The molecule has 1 aromatic rings. The van der Waals surface area contributed by atoms with Crippen LogP contribution in [0.1, 0.15) is 38.1 Å². The highest BCUT2D eigenvalue weighted by molar-refractivity contribution is 5.30. The van der Waals surface area contributed by atoms with Crippen molar-refractivity contribution in [2.24, 2.45) is 0 Å². The Hall–Kier alpha value is -1.16. The lowest BCUT2D eigenvalue weighted by molar-refractivity contribution is 0.281. The molecule has 0 unspecified atom stereocenters. The van der Waals surface area contributed by atoms with Crippen LogP contribution in [0.3, 0.4) is 0 Å². The highest BCUT2D eigenvalue weighted by Gasteiger charge is 2.07. The molecule has 2 N–H and O–H groups in total. The van der Waals surface area contributed by atoms with Gasteiger partial charge in [-0.05, 0) is 25.8 Å². The van der Waals surface area contributed by atoms with Gasteiger partial charge in [-0.1, -0.05) is 13.8 Å². The number of nitrogens with zero attached hydrogens (tertiary/aromatic N) is 2. The van der Waals surface area contributed by atoms with Crippen LogP contribution < -0.4 is 5.32 Å². The minimum Gasteiger partial charge on any atom is -0.394 e. The van der Waals surface area contributed by atoms with E-state index in [1.807, 2.05) is 19.9 Å². The van der Waals surface area contributed by atoms with Gasteiger partial charge >= 0.3 is 0 Å². The standard InChI is InChI=1S/C11H19N3O/c1-7(2)10-5-8(3)12-11(14-10)13-9(4)6-15/h5,7,9,15H,6H2,1-4H3,(H,12,13,14)/t9-/m0/s1. The smallest absolute Gasteiger partial charge is 0.223 e.